The number of hydrogen-bond donors (Lipinski definition) is 2. The lowest BCUT2D eigenvalue weighted by Crippen LogP contribution is -2.21. The predicted octanol–water partition coefficient (Wildman–Crippen LogP) is 4.61. The van der Waals surface area contributed by atoms with Crippen LogP contribution in [0.15, 0.2) is 34.1 Å². The molecule has 0 bridgehead atoms. The van der Waals surface area contributed by atoms with Crippen LogP contribution in [0.5, 0.6) is 0 Å². The summed E-state index contributed by atoms with van der Waals surface area (Å²) in [5, 5.41) is 15.7. The zero-order chi connectivity index (χ0) is 24.3. The van der Waals surface area contributed by atoms with Gasteiger partial charge in [0.05, 0.1) is 5.71 Å². The van der Waals surface area contributed by atoms with Gasteiger partial charge in [0, 0.05) is 21.0 Å². The maximum atomic E-state index is 12.6. The number of nitrogens with one attached hydrogen (secondary N) is 1. The molecule has 2 aromatic heterocycles. The molecule has 2 aliphatic rings. The molecule has 33 heavy (non-hydrogen) atoms. The maximum absolute atomic E-state index is 12.6. The summed E-state index contributed by atoms with van der Waals surface area (Å²) in [7, 11) is 0. The number of aromatic nitrogens is 3. The van der Waals surface area contributed by atoms with Crippen molar-refractivity contribution in [3.63, 3.8) is 0 Å². The summed E-state index contributed by atoms with van der Waals surface area (Å²) in [6.45, 7) is 6.33. The number of aliphatic carboxylic acids is 1. The molecule has 12 heteroatoms. The van der Waals surface area contributed by atoms with E-state index in [4.69, 9.17) is 26.5 Å². The highest BCUT2D eigenvalue weighted by Gasteiger charge is 2.58. The van der Waals surface area contributed by atoms with E-state index in [1.807, 2.05) is 24.3 Å². The number of aliphatic imine (C=N–C) groups is 1. The Morgan fingerprint density at radius 1 is 1.30 bits per heavy atom. The predicted molar refractivity (Wildman–Crippen MR) is 118 cm³/mol. The molecule has 174 valence electrons. The van der Waals surface area contributed by atoms with Crippen LogP contribution in [-0.4, -0.2) is 37.7 Å². The molecule has 1 aliphatic heterocycles. The van der Waals surface area contributed by atoms with Crippen molar-refractivity contribution < 1.29 is 23.1 Å². The fourth-order valence-electron chi connectivity index (χ4n) is 3.82. The van der Waals surface area contributed by atoms with E-state index in [-0.39, 0.29) is 5.69 Å². The standard InChI is InChI=1S/C19H17ClN4OS.C2HF3O2/c1-9-8-19(9)17-22-23-18(25)24(17)16-14(10(2)11(3)26-16)15(21-19)12-4-6-13(20)7-5-12;3-2(4,5)1(6)7/h4-7,9H,8H2,1-3H3,(H,23,25);(H,6,7)/t9-,19+;/m1./s1. The highest BCUT2D eigenvalue weighted by Crippen LogP contribution is 2.56. The monoisotopic (exact) mass is 498 g/mol. The van der Waals surface area contributed by atoms with E-state index in [1.54, 1.807) is 15.9 Å². The second-order valence-corrected chi connectivity index (χ2v) is 9.59. The van der Waals surface area contributed by atoms with E-state index in [1.165, 1.54) is 4.88 Å². The van der Waals surface area contributed by atoms with Crippen molar-refractivity contribution in [3.8, 4) is 5.00 Å². The van der Waals surface area contributed by atoms with Crippen molar-refractivity contribution in [2.75, 3.05) is 0 Å². The first-order chi connectivity index (χ1) is 15.4. The fraction of sp³-hybridized carbons (Fsp3) is 0.333. The van der Waals surface area contributed by atoms with Crippen molar-refractivity contribution in [3.05, 3.63) is 67.2 Å². The smallest absolute Gasteiger partial charge is 0.475 e. The van der Waals surface area contributed by atoms with E-state index >= 15 is 0 Å². The highest BCUT2D eigenvalue weighted by atomic mass is 35.5. The number of benzene rings is 1. The second-order valence-electron chi connectivity index (χ2n) is 7.95. The van der Waals surface area contributed by atoms with Crippen LogP contribution in [0.4, 0.5) is 13.2 Å². The topological polar surface area (TPSA) is 100 Å². The van der Waals surface area contributed by atoms with Crippen LogP contribution in [0.25, 0.3) is 5.00 Å². The lowest BCUT2D eigenvalue weighted by Gasteiger charge is -2.11. The van der Waals surface area contributed by atoms with Gasteiger partial charge in [0.1, 0.15) is 10.5 Å². The van der Waals surface area contributed by atoms with Crippen LogP contribution in [0, 0.1) is 19.8 Å². The number of H-pyrrole nitrogens is 1. The van der Waals surface area contributed by atoms with Gasteiger partial charge in [-0.05, 0) is 43.9 Å². The number of hydrogen-bond acceptors (Lipinski definition) is 5. The number of halogens is 4. The zero-order valence-corrected chi connectivity index (χ0v) is 19.2. The molecule has 0 radical (unpaired) electrons. The third-order valence-corrected chi connectivity index (χ3v) is 7.25. The second kappa shape index (κ2) is 7.84. The van der Waals surface area contributed by atoms with E-state index < -0.39 is 17.7 Å². The third-order valence-electron chi connectivity index (χ3n) is 5.81. The van der Waals surface area contributed by atoms with E-state index in [9.17, 15) is 18.0 Å². The number of thiophene rings is 1. The number of aromatic amines is 1. The van der Waals surface area contributed by atoms with Crippen molar-refractivity contribution >= 4 is 34.6 Å². The third kappa shape index (κ3) is 3.89. The molecule has 0 saturated heterocycles. The molecule has 1 aliphatic carbocycles. The van der Waals surface area contributed by atoms with E-state index in [0.717, 1.165) is 39.6 Å². The normalized spacial score (nSPS) is 20.8. The van der Waals surface area contributed by atoms with Gasteiger partial charge in [0.15, 0.2) is 5.82 Å². The Kier molecular flexibility index (Phi) is 5.52. The van der Waals surface area contributed by atoms with Crippen molar-refractivity contribution in [1.82, 2.24) is 14.8 Å². The van der Waals surface area contributed by atoms with Crippen LogP contribution in [0.3, 0.4) is 0 Å². The molecule has 2 atom stereocenters. The Hall–Kier alpha value is -2.92. The lowest BCUT2D eigenvalue weighted by molar-refractivity contribution is -0.192. The summed E-state index contributed by atoms with van der Waals surface area (Å²) in [6, 6.07) is 7.76. The highest BCUT2D eigenvalue weighted by molar-refractivity contribution is 7.15. The van der Waals surface area contributed by atoms with Crippen molar-refractivity contribution in [2.24, 2.45) is 10.9 Å². The Bertz CT molecular complexity index is 1340. The van der Waals surface area contributed by atoms with Gasteiger partial charge >= 0.3 is 17.8 Å². The number of carbonyl (C=O) groups is 1. The molecule has 1 spiro atoms. The summed E-state index contributed by atoms with van der Waals surface area (Å²) in [6.07, 6.45) is -4.19. The fourth-order valence-corrected chi connectivity index (χ4v) is 5.10. The minimum absolute atomic E-state index is 0.200. The van der Waals surface area contributed by atoms with Gasteiger partial charge in [-0.15, -0.1) is 11.3 Å². The largest absolute Gasteiger partial charge is 0.490 e. The molecule has 0 unspecified atom stereocenters. The maximum Gasteiger partial charge on any atom is 0.490 e. The number of fused-ring (bicyclic) bond motifs is 4. The summed E-state index contributed by atoms with van der Waals surface area (Å²) >= 11 is 7.71. The van der Waals surface area contributed by atoms with Gasteiger partial charge in [-0.1, -0.05) is 30.7 Å². The summed E-state index contributed by atoms with van der Waals surface area (Å²) in [4.78, 5) is 27.9. The quantitative estimate of drug-likeness (QED) is 0.511. The molecular weight excluding hydrogens is 481 g/mol. The molecule has 2 N–H and O–H groups in total. The minimum atomic E-state index is -5.08. The number of rotatable bonds is 1. The number of nitrogens with zero attached hydrogens (tertiary/aromatic N) is 3. The minimum Gasteiger partial charge on any atom is -0.475 e. The number of alkyl halides is 3. The van der Waals surface area contributed by atoms with E-state index in [2.05, 4.69) is 31.0 Å². The van der Waals surface area contributed by atoms with E-state index in [0.29, 0.717) is 10.9 Å². The lowest BCUT2D eigenvalue weighted by atomic mass is 9.99. The van der Waals surface area contributed by atoms with Crippen LogP contribution in [0.1, 0.15) is 40.7 Å². The van der Waals surface area contributed by atoms with Gasteiger partial charge in [0.2, 0.25) is 0 Å². The van der Waals surface area contributed by atoms with Gasteiger partial charge in [-0.3, -0.25) is 4.99 Å². The first-order valence-corrected chi connectivity index (χ1v) is 11.0. The molecule has 3 aromatic rings. The molecule has 7 nitrogen and oxygen atoms in total. The molecule has 1 aromatic carbocycles. The van der Waals surface area contributed by atoms with Gasteiger partial charge in [-0.2, -0.15) is 18.3 Å². The number of carboxylic acids is 1. The molecule has 1 fully saturated rings. The number of carboxylic acid groups (broad SMARTS) is 1. The van der Waals surface area contributed by atoms with Crippen LogP contribution in [-0.2, 0) is 10.3 Å². The van der Waals surface area contributed by atoms with Crippen LogP contribution >= 0.6 is 22.9 Å². The molecule has 3 heterocycles. The average molecular weight is 499 g/mol. The average Bonchev–Trinajstić information content (AvgIpc) is 3.10. The van der Waals surface area contributed by atoms with Crippen LogP contribution < -0.4 is 5.69 Å². The van der Waals surface area contributed by atoms with Gasteiger partial charge in [0.25, 0.3) is 0 Å². The first-order valence-electron chi connectivity index (χ1n) is 9.81. The van der Waals surface area contributed by atoms with Crippen molar-refractivity contribution in [1.29, 1.82) is 0 Å². The summed E-state index contributed by atoms with van der Waals surface area (Å²) in [5.41, 5.74) is 3.48. The Morgan fingerprint density at radius 3 is 2.39 bits per heavy atom. The Morgan fingerprint density at radius 2 is 1.88 bits per heavy atom. The molecule has 0 amide bonds. The zero-order valence-electron chi connectivity index (χ0n) is 17.6. The molecule has 5 rings (SSSR count). The molecule has 1 saturated carbocycles. The number of aryl methyl sites for hydroxylation is 1. The SMILES string of the molecule is Cc1sc2c(c1C)C(c1ccc(Cl)cc1)=N[C@]1(C[C@H]1C)c1n[nH]c(=O)n1-2.O=C(O)C(F)(F)F. The van der Waals surface area contributed by atoms with Gasteiger partial charge in [-0.25, -0.2) is 19.3 Å². The molecular formula is C21H18ClF3N4O3S. The van der Waals surface area contributed by atoms with Crippen LogP contribution in [0.2, 0.25) is 5.02 Å². The summed E-state index contributed by atoms with van der Waals surface area (Å²) < 4.78 is 33.5. The Labute approximate surface area is 194 Å². The van der Waals surface area contributed by atoms with Gasteiger partial charge < -0.3 is 5.11 Å². The van der Waals surface area contributed by atoms with Crippen molar-refractivity contribution in [2.45, 2.75) is 38.9 Å². The first kappa shape index (κ1) is 23.2. The Balaban J connectivity index is 0.000000325. The summed E-state index contributed by atoms with van der Waals surface area (Å²) in [5.74, 6) is -1.69.